The molecule has 2 N–H and O–H groups in total. The highest BCUT2D eigenvalue weighted by Gasteiger charge is 2.09. The summed E-state index contributed by atoms with van der Waals surface area (Å²) in [6, 6.07) is 8.03. The van der Waals surface area contributed by atoms with Crippen molar-refractivity contribution in [2.45, 2.75) is 0 Å². The fourth-order valence-corrected chi connectivity index (χ4v) is 1.33. The molecule has 1 fully saturated rings. The maximum atomic E-state index is 5.08. The first kappa shape index (κ1) is 8.34. The van der Waals surface area contributed by atoms with Gasteiger partial charge in [-0.1, -0.05) is 0 Å². The van der Waals surface area contributed by atoms with Crippen molar-refractivity contribution in [1.29, 1.82) is 0 Å². The second kappa shape index (κ2) is 3.64. The number of nitrogens with zero attached hydrogens (tertiary/aromatic N) is 1. The molecule has 0 aromatic heterocycles. The molecule has 0 bridgehead atoms. The molecular weight excluding hydrogens is 166 g/mol. The lowest BCUT2D eigenvalue weighted by atomic mass is 10.3. The van der Waals surface area contributed by atoms with E-state index in [1.54, 1.807) is 7.11 Å². The molecule has 2 rings (SSSR count). The fourth-order valence-electron chi connectivity index (χ4n) is 1.33. The second-order valence-electron chi connectivity index (χ2n) is 2.91. The molecule has 0 unspecified atom stereocenters. The molecule has 1 aromatic carbocycles. The highest BCUT2D eigenvalue weighted by atomic mass is 16.5. The van der Waals surface area contributed by atoms with Crippen LogP contribution in [-0.4, -0.2) is 20.4 Å². The highest BCUT2D eigenvalue weighted by molar-refractivity contribution is 5.49. The van der Waals surface area contributed by atoms with E-state index in [-0.39, 0.29) is 0 Å². The maximum absolute atomic E-state index is 5.08. The van der Waals surface area contributed by atoms with E-state index in [1.165, 1.54) is 5.69 Å². The number of hydrogen-bond acceptors (Lipinski definition) is 4. The van der Waals surface area contributed by atoms with Gasteiger partial charge in [0.15, 0.2) is 0 Å². The first-order valence-corrected chi connectivity index (χ1v) is 4.25. The minimum atomic E-state index is 0.840. The molecule has 0 saturated carbocycles. The molecule has 0 amide bonds. The van der Waals surface area contributed by atoms with E-state index in [4.69, 9.17) is 4.74 Å². The number of anilines is 1. The van der Waals surface area contributed by atoms with Crippen LogP contribution in [0.5, 0.6) is 5.75 Å². The number of benzene rings is 1. The summed E-state index contributed by atoms with van der Waals surface area (Å²) in [6.07, 6.45) is 0. The minimum absolute atomic E-state index is 0.840. The Morgan fingerprint density at radius 3 is 2.31 bits per heavy atom. The Bertz CT molecular complexity index is 267. The Kier molecular flexibility index (Phi) is 2.33. The van der Waals surface area contributed by atoms with Crippen molar-refractivity contribution in [3.8, 4) is 5.75 Å². The van der Waals surface area contributed by atoms with Gasteiger partial charge in [0.25, 0.3) is 0 Å². The van der Waals surface area contributed by atoms with E-state index < -0.39 is 0 Å². The molecule has 1 aliphatic heterocycles. The number of rotatable bonds is 2. The smallest absolute Gasteiger partial charge is 0.119 e. The third-order valence-corrected chi connectivity index (χ3v) is 2.10. The molecule has 0 spiro atoms. The number of methoxy groups -OCH3 is 1. The van der Waals surface area contributed by atoms with Gasteiger partial charge in [-0.15, -0.1) is 0 Å². The predicted molar refractivity (Wildman–Crippen MR) is 51.5 cm³/mol. The number of nitrogens with one attached hydrogen (secondary N) is 2. The van der Waals surface area contributed by atoms with Crippen molar-refractivity contribution >= 4 is 5.69 Å². The molecule has 0 atom stereocenters. The predicted octanol–water partition coefficient (Wildman–Crippen LogP) is 0.524. The Labute approximate surface area is 77.5 Å². The van der Waals surface area contributed by atoms with Crippen molar-refractivity contribution in [3.05, 3.63) is 24.3 Å². The quantitative estimate of drug-likeness (QED) is 0.694. The van der Waals surface area contributed by atoms with Crippen molar-refractivity contribution in [2.75, 3.05) is 25.3 Å². The average Bonchev–Trinajstić information content (AvgIpc) is 2.71. The van der Waals surface area contributed by atoms with Crippen LogP contribution in [0.1, 0.15) is 0 Å². The van der Waals surface area contributed by atoms with Crippen LogP contribution in [0.2, 0.25) is 0 Å². The second-order valence-corrected chi connectivity index (χ2v) is 2.91. The normalized spacial score (nSPS) is 16.2. The van der Waals surface area contributed by atoms with Crippen LogP contribution in [0.25, 0.3) is 0 Å². The molecule has 70 valence electrons. The first-order valence-electron chi connectivity index (χ1n) is 4.25. The van der Waals surface area contributed by atoms with Crippen LogP contribution in [0.3, 0.4) is 0 Å². The van der Waals surface area contributed by atoms with E-state index in [9.17, 15) is 0 Å². The monoisotopic (exact) mass is 179 g/mol. The van der Waals surface area contributed by atoms with Crippen LogP contribution in [0.15, 0.2) is 24.3 Å². The lowest BCUT2D eigenvalue weighted by molar-refractivity contribution is 0.415. The summed E-state index contributed by atoms with van der Waals surface area (Å²) in [5, 5.41) is 0. The summed E-state index contributed by atoms with van der Waals surface area (Å²) in [4.78, 5) is 2.19. The summed E-state index contributed by atoms with van der Waals surface area (Å²) < 4.78 is 5.08. The van der Waals surface area contributed by atoms with E-state index in [2.05, 4.69) is 15.8 Å². The van der Waals surface area contributed by atoms with Gasteiger partial charge in [0.05, 0.1) is 20.4 Å². The van der Waals surface area contributed by atoms with Gasteiger partial charge in [0, 0.05) is 5.69 Å². The third-order valence-electron chi connectivity index (χ3n) is 2.10. The van der Waals surface area contributed by atoms with Gasteiger partial charge in [-0.25, -0.2) is 10.9 Å². The largest absolute Gasteiger partial charge is 0.497 e. The minimum Gasteiger partial charge on any atom is -0.497 e. The zero-order valence-electron chi connectivity index (χ0n) is 7.58. The highest BCUT2D eigenvalue weighted by Crippen LogP contribution is 2.18. The molecule has 1 aromatic rings. The molecule has 1 saturated heterocycles. The number of hydrogen-bond donors (Lipinski definition) is 2. The van der Waals surface area contributed by atoms with Crippen LogP contribution in [0, 0.1) is 0 Å². The zero-order valence-corrected chi connectivity index (χ0v) is 7.58. The number of ether oxygens (including phenoxy) is 1. The molecule has 1 heterocycles. The van der Waals surface area contributed by atoms with Gasteiger partial charge in [0.2, 0.25) is 0 Å². The summed E-state index contributed by atoms with van der Waals surface area (Å²) in [6.45, 7) is 1.68. The van der Waals surface area contributed by atoms with Crippen molar-refractivity contribution in [1.82, 2.24) is 10.9 Å². The molecule has 13 heavy (non-hydrogen) atoms. The van der Waals surface area contributed by atoms with Crippen LogP contribution < -0.4 is 20.5 Å². The molecular formula is C9H13N3O. The van der Waals surface area contributed by atoms with Gasteiger partial charge in [0.1, 0.15) is 5.75 Å². The Morgan fingerprint density at radius 1 is 1.15 bits per heavy atom. The van der Waals surface area contributed by atoms with Crippen molar-refractivity contribution < 1.29 is 4.74 Å². The SMILES string of the molecule is COc1ccc(N2CNNC2)cc1. The van der Waals surface area contributed by atoms with Crippen molar-refractivity contribution in [2.24, 2.45) is 0 Å². The van der Waals surface area contributed by atoms with Crippen LogP contribution in [0.4, 0.5) is 5.69 Å². The molecule has 0 aliphatic carbocycles. The van der Waals surface area contributed by atoms with E-state index in [1.807, 2.05) is 24.3 Å². The topological polar surface area (TPSA) is 36.5 Å². The standard InChI is InChI=1S/C9H13N3O/c1-13-9-4-2-8(3-5-9)12-6-10-11-7-12/h2-5,10-11H,6-7H2,1H3. The fraction of sp³-hybridized carbons (Fsp3) is 0.333. The Balaban J connectivity index is 2.12. The molecule has 4 heteroatoms. The summed E-state index contributed by atoms with van der Waals surface area (Å²) in [5.41, 5.74) is 7.28. The summed E-state index contributed by atoms with van der Waals surface area (Å²) in [5.74, 6) is 0.892. The number of hydrazine groups is 1. The lowest BCUT2D eigenvalue weighted by Gasteiger charge is -2.15. The van der Waals surface area contributed by atoms with Gasteiger partial charge >= 0.3 is 0 Å². The lowest BCUT2D eigenvalue weighted by Crippen LogP contribution is -2.21. The zero-order chi connectivity index (χ0) is 9.10. The molecule has 0 radical (unpaired) electrons. The van der Waals surface area contributed by atoms with Crippen molar-refractivity contribution in [3.63, 3.8) is 0 Å². The van der Waals surface area contributed by atoms with Gasteiger partial charge in [-0.3, -0.25) is 0 Å². The van der Waals surface area contributed by atoms with Gasteiger partial charge < -0.3 is 9.64 Å². The van der Waals surface area contributed by atoms with E-state index in [0.29, 0.717) is 0 Å². The third kappa shape index (κ3) is 1.74. The van der Waals surface area contributed by atoms with Gasteiger partial charge in [-0.2, -0.15) is 0 Å². The molecule has 4 nitrogen and oxygen atoms in total. The Morgan fingerprint density at radius 2 is 1.77 bits per heavy atom. The van der Waals surface area contributed by atoms with Gasteiger partial charge in [-0.05, 0) is 24.3 Å². The van der Waals surface area contributed by atoms with Crippen LogP contribution in [-0.2, 0) is 0 Å². The first-order chi connectivity index (χ1) is 6.40. The maximum Gasteiger partial charge on any atom is 0.119 e. The van der Waals surface area contributed by atoms with Crippen LogP contribution >= 0.6 is 0 Å². The summed E-state index contributed by atoms with van der Waals surface area (Å²) >= 11 is 0. The van der Waals surface area contributed by atoms with E-state index >= 15 is 0 Å². The average molecular weight is 179 g/mol. The van der Waals surface area contributed by atoms with E-state index in [0.717, 1.165) is 19.1 Å². The molecule has 1 aliphatic rings. The summed E-state index contributed by atoms with van der Waals surface area (Å²) in [7, 11) is 1.67. The Hall–Kier alpha value is -1.26.